The minimum atomic E-state index is 0. The first-order valence-corrected chi connectivity index (χ1v) is 11.6. The minimum Gasteiger partial charge on any atom is -0.358 e. The van der Waals surface area contributed by atoms with Crippen LogP contribution in [0.4, 0.5) is 0 Å². The van der Waals surface area contributed by atoms with Crippen LogP contribution in [0.2, 0.25) is 0 Å². The van der Waals surface area contributed by atoms with Gasteiger partial charge in [0.25, 0.3) is 0 Å². The fourth-order valence-corrected chi connectivity index (χ4v) is 3.56. The van der Waals surface area contributed by atoms with Crippen molar-refractivity contribution in [1.29, 1.82) is 0 Å². The summed E-state index contributed by atoms with van der Waals surface area (Å²) in [7, 11) is 0. The largest absolute Gasteiger partial charge is 0.358 e. The van der Waals surface area contributed by atoms with Gasteiger partial charge < -0.3 is 4.90 Å². The Morgan fingerprint density at radius 2 is 0.880 bits per heavy atom. The molecule has 0 amide bonds. The first-order valence-electron chi connectivity index (χ1n) is 10.7. The predicted octanol–water partition coefficient (Wildman–Crippen LogP) is 7.78. The van der Waals surface area contributed by atoms with E-state index in [0.29, 0.717) is 0 Å². The van der Waals surface area contributed by atoms with E-state index in [-0.39, 0.29) is 21.1 Å². The maximum Gasteiger partial charge on any atom is 0.133 e. The molecule has 0 bridgehead atoms. The quantitative estimate of drug-likeness (QED) is 0.104. The second-order valence-corrected chi connectivity index (χ2v) is 8.33. The monoisotopic (exact) mass is 557 g/mol. The molecule has 0 aromatic heterocycles. The molecule has 0 saturated heterocycles. The number of hydrogen-bond acceptors (Lipinski definition) is 1. The molecule has 0 aliphatic rings. The van der Waals surface area contributed by atoms with Gasteiger partial charge in [0.15, 0.2) is 0 Å². The van der Waals surface area contributed by atoms with Crippen molar-refractivity contribution in [2.24, 2.45) is 0 Å². The van der Waals surface area contributed by atoms with Gasteiger partial charge in [-0.3, -0.25) is 0 Å². The fourth-order valence-electron chi connectivity index (χ4n) is 3.18. The Balaban J connectivity index is 0. The molecule has 0 spiro atoms. The first-order chi connectivity index (χ1) is 11.7. The third kappa shape index (κ3) is 21.1. The summed E-state index contributed by atoms with van der Waals surface area (Å²) in [5.41, 5.74) is 0. The second-order valence-electron chi connectivity index (χ2n) is 7.22. The van der Waals surface area contributed by atoms with Crippen LogP contribution in [0.3, 0.4) is 0 Å². The zero-order valence-electron chi connectivity index (χ0n) is 16.9. The Morgan fingerprint density at radius 3 is 1.16 bits per heavy atom. The predicted molar refractivity (Wildman–Crippen MR) is 118 cm³/mol. The van der Waals surface area contributed by atoms with Gasteiger partial charge in [0.2, 0.25) is 0 Å². The summed E-state index contributed by atoms with van der Waals surface area (Å²) < 4.78 is 0.792. The SMILES string of the molecule is CCCCCCCCCCN(CCCCCCCCCC)C(=S)S.[W]. The molecule has 0 atom stereocenters. The van der Waals surface area contributed by atoms with E-state index in [1.165, 1.54) is 103 Å². The molecular formula is C21H43NS2W. The van der Waals surface area contributed by atoms with Crippen LogP contribution >= 0.6 is 24.8 Å². The molecule has 4 heteroatoms. The number of rotatable bonds is 18. The van der Waals surface area contributed by atoms with Crippen molar-refractivity contribution in [1.82, 2.24) is 4.90 Å². The summed E-state index contributed by atoms with van der Waals surface area (Å²) in [6, 6.07) is 0. The van der Waals surface area contributed by atoms with Gasteiger partial charge in [-0.05, 0) is 12.8 Å². The Bertz CT molecular complexity index is 255. The third-order valence-corrected chi connectivity index (χ3v) is 5.37. The second kappa shape index (κ2) is 23.0. The summed E-state index contributed by atoms with van der Waals surface area (Å²) in [6.07, 6.45) is 22.0. The molecule has 150 valence electrons. The Labute approximate surface area is 184 Å². The van der Waals surface area contributed by atoms with E-state index in [4.69, 9.17) is 12.2 Å². The molecule has 0 heterocycles. The zero-order valence-corrected chi connectivity index (χ0v) is 21.6. The molecule has 0 aliphatic carbocycles. The summed E-state index contributed by atoms with van der Waals surface area (Å²) in [5, 5.41) is 0. The summed E-state index contributed by atoms with van der Waals surface area (Å²) in [4.78, 5) is 2.31. The van der Waals surface area contributed by atoms with Crippen molar-refractivity contribution in [2.45, 2.75) is 117 Å². The van der Waals surface area contributed by atoms with E-state index in [2.05, 4.69) is 31.4 Å². The van der Waals surface area contributed by atoms with Crippen LogP contribution in [0.1, 0.15) is 117 Å². The molecule has 0 rings (SSSR count). The Kier molecular flexibility index (Phi) is 25.9. The van der Waals surface area contributed by atoms with Gasteiger partial charge in [-0.2, -0.15) is 0 Å². The molecule has 25 heavy (non-hydrogen) atoms. The molecule has 1 nitrogen and oxygen atoms in total. The van der Waals surface area contributed by atoms with E-state index in [1.54, 1.807) is 0 Å². The van der Waals surface area contributed by atoms with Crippen molar-refractivity contribution in [3.05, 3.63) is 0 Å². The van der Waals surface area contributed by atoms with Gasteiger partial charge in [-0.25, -0.2) is 0 Å². The van der Waals surface area contributed by atoms with E-state index < -0.39 is 0 Å². The Hall–Kier alpha value is 0.928. The molecule has 0 saturated carbocycles. The topological polar surface area (TPSA) is 3.24 Å². The number of thiocarbonyl (C=S) groups is 1. The van der Waals surface area contributed by atoms with E-state index in [9.17, 15) is 0 Å². The molecule has 0 aromatic rings. The van der Waals surface area contributed by atoms with E-state index in [1.807, 2.05) is 0 Å². The van der Waals surface area contributed by atoms with E-state index in [0.717, 1.165) is 17.4 Å². The summed E-state index contributed by atoms with van der Waals surface area (Å²) in [5.74, 6) is 0. The molecular weight excluding hydrogens is 514 g/mol. The van der Waals surface area contributed by atoms with Gasteiger partial charge in [0, 0.05) is 34.2 Å². The number of hydrogen-bond donors (Lipinski definition) is 1. The molecule has 0 fully saturated rings. The van der Waals surface area contributed by atoms with E-state index >= 15 is 0 Å². The van der Waals surface area contributed by atoms with Crippen LogP contribution in [0.5, 0.6) is 0 Å². The first kappa shape index (κ1) is 28.1. The molecule has 0 N–H and O–H groups in total. The van der Waals surface area contributed by atoms with Crippen molar-refractivity contribution in [3.8, 4) is 0 Å². The molecule has 0 aromatic carbocycles. The maximum atomic E-state index is 5.30. The van der Waals surface area contributed by atoms with Gasteiger partial charge in [-0.1, -0.05) is 116 Å². The number of nitrogens with zero attached hydrogens (tertiary/aromatic N) is 1. The third-order valence-electron chi connectivity index (χ3n) is 4.83. The van der Waals surface area contributed by atoms with Gasteiger partial charge >= 0.3 is 0 Å². The van der Waals surface area contributed by atoms with Crippen molar-refractivity contribution in [3.63, 3.8) is 0 Å². The van der Waals surface area contributed by atoms with Gasteiger partial charge in [0.1, 0.15) is 4.32 Å². The fraction of sp³-hybridized carbons (Fsp3) is 0.952. The average Bonchev–Trinajstić information content (AvgIpc) is 2.57. The van der Waals surface area contributed by atoms with Crippen LogP contribution in [-0.2, 0) is 21.1 Å². The minimum absolute atomic E-state index is 0. The molecule has 0 aliphatic heterocycles. The molecule has 0 radical (unpaired) electrons. The number of thiol groups is 1. The van der Waals surface area contributed by atoms with Crippen molar-refractivity contribution >= 4 is 29.2 Å². The summed E-state index contributed by atoms with van der Waals surface area (Å²) in [6.45, 7) is 6.77. The van der Waals surface area contributed by atoms with Crippen molar-refractivity contribution in [2.75, 3.05) is 13.1 Å². The van der Waals surface area contributed by atoms with Crippen LogP contribution < -0.4 is 0 Å². The smallest absolute Gasteiger partial charge is 0.133 e. The zero-order chi connectivity index (χ0) is 17.9. The van der Waals surface area contributed by atoms with Crippen molar-refractivity contribution < 1.29 is 21.1 Å². The van der Waals surface area contributed by atoms with Crippen LogP contribution in [-0.4, -0.2) is 22.3 Å². The average molecular weight is 558 g/mol. The standard InChI is InChI=1S/C21H43NS2.W/c1-3-5-7-9-11-13-15-17-19-22(21(23)24)20-18-16-14-12-10-8-6-4-2;/h3-20H2,1-2H3,(H,23,24);. The maximum absolute atomic E-state index is 5.30. The summed E-state index contributed by atoms with van der Waals surface area (Å²) >= 11 is 9.72. The molecule has 0 unspecified atom stereocenters. The number of unbranched alkanes of at least 4 members (excludes halogenated alkanes) is 14. The van der Waals surface area contributed by atoms with Crippen LogP contribution in [0, 0.1) is 0 Å². The normalized spacial score (nSPS) is 10.5. The van der Waals surface area contributed by atoms with Crippen LogP contribution in [0.25, 0.3) is 0 Å². The van der Waals surface area contributed by atoms with Crippen LogP contribution in [0.15, 0.2) is 0 Å². The van der Waals surface area contributed by atoms with Gasteiger partial charge in [0.05, 0.1) is 0 Å². The Morgan fingerprint density at radius 1 is 0.600 bits per heavy atom. The van der Waals surface area contributed by atoms with Gasteiger partial charge in [-0.15, -0.1) is 12.6 Å².